The van der Waals surface area contributed by atoms with Crippen LogP contribution >= 0.6 is 0 Å². The largest absolute Gasteiger partial charge is 0.478 e. The molecule has 0 atom stereocenters. The molecule has 0 spiro atoms. The van der Waals surface area contributed by atoms with E-state index in [1.54, 1.807) is 36.4 Å². The molecular formula is C22H14F2N2O2. The van der Waals surface area contributed by atoms with Crippen molar-refractivity contribution in [2.75, 3.05) is 0 Å². The van der Waals surface area contributed by atoms with Crippen molar-refractivity contribution in [1.82, 2.24) is 9.97 Å². The van der Waals surface area contributed by atoms with E-state index in [0.717, 1.165) is 5.56 Å². The second-order valence-corrected chi connectivity index (χ2v) is 6.21. The lowest BCUT2D eigenvalue weighted by molar-refractivity contribution is 0.0697. The highest BCUT2D eigenvalue weighted by atomic mass is 19.1. The molecule has 28 heavy (non-hydrogen) atoms. The van der Waals surface area contributed by atoms with Crippen LogP contribution in [0.15, 0.2) is 72.8 Å². The van der Waals surface area contributed by atoms with E-state index in [0.29, 0.717) is 28.3 Å². The Morgan fingerprint density at radius 3 is 1.79 bits per heavy atom. The molecule has 0 aliphatic carbocycles. The molecule has 0 bridgehead atoms. The monoisotopic (exact) mass is 376 g/mol. The van der Waals surface area contributed by atoms with Gasteiger partial charge >= 0.3 is 5.97 Å². The number of H-pyrrole nitrogens is 1. The highest BCUT2D eigenvalue weighted by Crippen LogP contribution is 2.33. The number of aromatic nitrogens is 2. The molecule has 1 aromatic heterocycles. The van der Waals surface area contributed by atoms with E-state index < -0.39 is 5.97 Å². The fourth-order valence-corrected chi connectivity index (χ4v) is 2.92. The van der Waals surface area contributed by atoms with Crippen molar-refractivity contribution in [3.63, 3.8) is 0 Å². The van der Waals surface area contributed by atoms with E-state index in [1.165, 1.54) is 36.4 Å². The molecule has 1 heterocycles. The SMILES string of the molecule is O=C(O)c1ccc(-c2nc(-c3ccc(F)cc3)c(-c3ccc(F)cc3)[nH]2)cc1. The Morgan fingerprint density at radius 2 is 1.25 bits per heavy atom. The molecule has 4 nitrogen and oxygen atoms in total. The minimum absolute atomic E-state index is 0.174. The zero-order valence-corrected chi connectivity index (χ0v) is 14.5. The van der Waals surface area contributed by atoms with Gasteiger partial charge in [-0.15, -0.1) is 0 Å². The summed E-state index contributed by atoms with van der Waals surface area (Å²) in [7, 11) is 0. The van der Waals surface area contributed by atoms with E-state index in [9.17, 15) is 13.6 Å². The highest BCUT2D eigenvalue weighted by molar-refractivity contribution is 5.88. The Morgan fingerprint density at radius 1 is 0.750 bits per heavy atom. The van der Waals surface area contributed by atoms with Crippen molar-refractivity contribution in [2.45, 2.75) is 0 Å². The summed E-state index contributed by atoms with van der Waals surface area (Å²) >= 11 is 0. The number of aromatic carboxylic acids is 1. The lowest BCUT2D eigenvalue weighted by Gasteiger charge is -2.03. The molecule has 0 fully saturated rings. The highest BCUT2D eigenvalue weighted by Gasteiger charge is 2.16. The maximum atomic E-state index is 13.3. The molecule has 4 aromatic rings. The van der Waals surface area contributed by atoms with Crippen molar-refractivity contribution in [2.24, 2.45) is 0 Å². The number of nitrogens with zero attached hydrogens (tertiary/aromatic N) is 1. The molecule has 138 valence electrons. The molecule has 2 N–H and O–H groups in total. The molecule has 0 amide bonds. The summed E-state index contributed by atoms with van der Waals surface area (Å²) in [6, 6.07) is 18.2. The van der Waals surface area contributed by atoms with Crippen molar-refractivity contribution < 1.29 is 18.7 Å². The first-order valence-electron chi connectivity index (χ1n) is 8.47. The van der Waals surface area contributed by atoms with E-state index in [-0.39, 0.29) is 17.2 Å². The van der Waals surface area contributed by atoms with E-state index in [2.05, 4.69) is 9.97 Å². The third-order valence-electron chi connectivity index (χ3n) is 4.36. The Balaban J connectivity index is 1.84. The van der Waals surface area contributed by atoms with Crippen LogP contribution in [0.3, 0.4) is 0 Å². The number of hydrogen-bond acceptors (Lipinski definition) is 2. The van der Waals surface area contributed by atoms with Gasteiger partial charge in [-0.1, -0.05) is 12.1 Å². The fraction of sp³-hybridized carbons (Fsp3) is 0. The van der Waals surface area contributed by atoms with Gasteiger partial charge in [0.15, 0.2) is 0 Å². The van der Waals surface area contributed by atoms with Crippen molar-refractivity contribution in [1.29, 1.82) is 0 Å². The van der Waals surface area contributed by atoms with Crippen LogP contribution in [-0.2, 0) is 0 Å². The van der Waals surface area contributed by atoms with Crippen LogP contribution in [0, 0.1) is 11.6 Å². The van der Waals surface area contributed by atoms with Crippen LogP contribution in [0.2, 0.25) is 0 Å². The summed E-state index contributed by atoms with van der Waals surface area (Å²) in [6.45, 7) is 0. The molecule has 0 saturated heterocycles. The van der Waals surface area contributed by atoms with Gasteiger partial charge in [-0.25, -0.2) is 18.6 Å². The molecule has 4 rings (SSSR count). The first-order chi connectivity index (χ1) is 13.5. The Labute approximate surface area is 159 Å². The standard InChI is InChI=1S/C22H14F2N2O2/c23-17-9-5-13(6-10-17)19-20(14-7-11-18(24)12-8-14)26-21(25-19)15-1-3-16(4-2-15)22(27)28/h1-12H,(H,25,26)(H,27,28). The Bertz CT molecular complexity index is 1070. The number of aromatic amines is 1. The van der Waals surface area contributed by atoms with Gasteiger partial charge in [-0.2, -0.15) is 0 Å². The van der Waals surface area contributed by atoms with Crippen LogP contribution in [0.25, 0.3) is 33.9 Å². The van der Waals surface area contributed by atoms with Crippen LogP contribution in [0.1, 0.15) is 10.4 Å². The summed E-state index contributed by atoms with van der Waals surface area (Å²) in [5, 5.41) is 9.05. The van der Waals surface area contributed by atoms with Crippen LogP contribution in [0.5, 0.6) is 0 Å². The summed E-state index contributed by atoms with van der Waals surface area (Å²) in [5.74, 6) is -1.19. The fourth-order valence-electron chi connectivity index (χ4n) is 2.92. The van der Waals surface area contributed by atoms with Gasteiger partial charge < -0.3 is 10.1 Å². The lowest BCUT2D eigenvalue weighted by Crippen LogP contribution is -1.95. The second-order valence-electron chi connectivity index (χ2n) is 6.21. The maximum absolute atomic E-state index is 13.3. The quantitative estimate of drug-likeness (QED) is 0.502. The van der Waals surface area contributed by atoms with Gasteiger partial charge in [0.25, 0.3) is 0 Å². The summed E-state index contributed by atoms with van der Waals surface area (Å²) < 4.78 is 26.7. The lowest BCUT2D eigenvalue weighted by atomic mass is 10.1. The van der Waals surface area contributed by atoms with Gasteiger partial charge in [-0.3, -0.25) is 0 Å². The minimum atomic E-state index is -1.01. The summed E-state index contributed by atoms with van der Waals surface area (Å²) in [4.78, 5) is 18.9. The van der Waals surface area contributed by atoms with Gasteiger partial charge in [-0.05, 0) is 60.7 Å². The zero-order chi connectivity index (χ0) is 19.7. The second kappa shape index (κ2) is 7.08. The van der Waals surface area contributed by atoms with Crippen LogP contribution < -0.4 is 0 Å². The first kappa shape index (κ1) is 17.6. The van der Waals surface area contributed by atoms with E-state index in [1.807, 2.05) is 0 Å². The van der Waals surface area contributed by atoms with Crippen molar-refractivity contribution in [3.8, 4) is 33.9 Å². The third-order valence-corrected chi connectivity index (χ3v) is 4.36. The van der Waals surface area contributed by atoms with Gasteiger partial charge in [0.2, 0.25) is 0 Å². The van der Waals surface area contributed by atoms with Gasteiger partial charge in [0.1, 0.15) is 17.5 Å². The molecule has 0 radical (unpaired) electrons. The van der Waals surface area contributed by atoms with Crippen molar-refractivity contribution >= 4 is 5.97 Å². The number of benzene rings is 3. The maximum Gasteiger partial charge on any atom is 0.335 e. The summed E-state index contributed by atoms with van der Waals surface area (Å²) in [6.07, 6.45) is 0. The minimum Gasteiger partial charge on any atom is -0.478 e. The number of imidazole rings is 1. The van der Waals surface area contributed by atoms with Crippen molar-refractivity contribution in [3.05, 3.63) is 90.0 Å². The average molecular weight is 376 g/mol. The molecular weight excluding hydrogens is 362 g/mol. The molecule has 6 heteroatoms. The van der Waals surface area contributed by atoms with Crippen LogP contribution in [0.4, 0.5) is 8.78 Å². The predicted molar refractivity (Wildman–Crippen MR) is 102 cm³/mol. The Kier molecular flexibility index (Phi) is 4.45. The average Bonchev–Trinajstić information content (AvgIpc) is 3.14. The smallest absolute Gasteiger partial charge is 0.335 e. The molecule has 0 saturated carbocycles. The predicted octanol–water partition coefficient (Wildman–Crippen LogP) is 5.39. The number of rotatable bonds is 4. The Hall–Kier alpha value is -3.80. The number of hydrogen-bond donors (Lipinski definition) is 2. The third kappa shape index (κ3) is 3.40. The molecule has 0 aliphatic rings. The number of carboxylic acids is 1. The number of carbonyl (C=O) groups is 1. The van der Waals surface area contributed by atoms with Crippen LogP contribution in [-0.4, -0.2) is 21.0 Å². The summed E-state index contributed by atoms with van der Waals surface area (Å²) in [5.41, 5.74) is 3.54. The zero-order valence-electron chi connectivity index (χ0n) is 14.5. The van der Waals surface area contributed by atoms with E-state index in [4.69, 9.17) is 5.11 Å². The topological polar surface area (TPSA) is 66.0 Å². The number of nitrogens with one attached hydrogen (secondary N) is 1. The molecule has 3 aromatic carbocycles. The van der Waals surface area contributed by atoms with Gasteiger partial charge in [0.05, 0.1) is 17.0 Å². The van der Waals surface area contributed by atoms with Gasteiger partial charge in [0, 0.05) is 16.7 Å². The normalized spacial score (nSPS) is 10.8. The number of carboxylic acid groups (broad SMARTS) is 1. The van der Waals surface area contributed by atoms with E-state index >= 15 is 0 Å². The number of halogens is 2. The molecule has 0 aliphatic heterocycles. The first-order valence-corrected chi connectivity index (χ1v) is 8.47. The molecule has 0 unspecified atom stereocenters.